The van der Waals surface area contributed by atoms with Gasteiger partial charge in [-0.25, -0.2) is 15.8 Å². The highest BCUT2D eigenvalue weighted by Gasteiger charge is 2.12. The predicted octanol–water partition coefficient (Wildman–Crippen LogP) is 1.40. The average Bonchev–Trinajstić information content (AvgIpc) is 2.52. The zero-order valence-electron chi connectivity index (χ0n) is 11.9. The Hall–Kier alpha value is -2.21. The molecule has 0 spiro atoms. The van der Waals surface area contributed by atoms with E-state index in [0.717, 1.165) is 30.8 Å². The van der Waals surface area contributed by atoms with Crippen LogP contribution in [-0.4, -0.2) is 28.5 Å². The quantitative estimate of drug-likeness (QED) is 0.611. The third kappa shape index (κ3) is 3.21. The van der Waals surface area contributed by atoms with Crippen molar-refractivity contribution in [2.75, 3.05) is 23.9 Å². The van der Waals surface area contributed by atoms with Crippen LogP contribution >= 0.6 is 0 Å². The monoisotopic (exact) mass is 272 g/mol. The lowest BCUT2D eigenvalue weighted by atomic mass is 10.1. The summed E-state index contributed by atoms with van der Waals surface area (Å²) in [6.07, 6.45) is 6.93. The molecule has 2 aromatic heterocycles. The number of anilines is 2. The summed E-state index contributed by atoms with van der Waals surface area (Å²) in [7, 11) is 2.03. The lowest BCUT2D eigenvalue weighted by Crippen LogP contribution is -2.24. The number of rotatable bonds is 6. The number of hydrogen-bond acceptors (Lipinski definition) is 6. The Morgan fingerprint density at radius 2 is 2.00 bits per heavy atom. The Labute approximate surface area is 119 Å². The lowest BCUT2D eigenvalue weighted by Gasteiger charge is -2.21. The third-order valence-corrected chi connectivity index (χ3v) is 3.26. The number of hydrazine groups is 1. The summed E-state index contributed by atoms with van der Waals surface area (Å²) in [6, 6.07) is 4.06. The summed E-state index contributed by atoms with van der Waals surface area (Å²) in [6.45, 7) is 2.94. The molecule has 0 unspecified atom stereocenters. The number of likely N-dealkylation sites (N-methyl/N-ethyl adjacent to an activating group) is 1. The maximum Gasteiger partial charge on any atom is 0.148 e. The van der Waals surface area contributed by atoms with Crippen molar-refractivity contribution in [3.63, 3.8) is 0 Å². The molecule has 0 atom stereocenters. The molecule has 2 rings (SSSR count). The maximum absolute atomic E-state index is 5.49. The number of nitrogen functional groups attached to an aromatic ring is 1. The zero-order valence-corrected chi connectivity index (χ0v) is 11.9. The summed E-state index contributed by atoms with van der Waals surface area (Å²) in [5.74, 6) is 7.10. The molecule has 106 valence electrons. The van der Waals surface area contributed by atoms with E-state index in [-0.39, 0.29) is 0 Å². The van der Waals surface area contributed by atoms with Gasteiger partial charge in [-0.2, -0.15) is 0 Å². The fourth-order valence-electron chi connectivity index (χ4n) is 2.13. The largest absolute Gasteiger partial charge is 0.359 e. The number of nitrogens with one attached hydrogen (secondary N) is 1. The number of nitrogens with two attached hydrogens (primary N) is 1. The van der Waals surface area contributed by atoms with Gasteiger partial charge in [0.25, 0.3) is 0 Å². The standard InChI is InChI=1S/C14H20N6/c1-3-12-13(19-15)17-10-18-14(12)20(2)9-6-11-4-7-16-8-5-11/h4-5,7-8,10H,3,6,9,15H2,1-2H3,(H,17,18,19). The molecule has 6 nitrogen and oxygen atoms in total. The Bertz CT molecular complexity index is 543. The molecule has 0 aliphatic carbocycles. The molecule has 0 saturated heterocycles. The molecule has 0 fully saturated rings. The van der Waals surface area contributed by atoms with Crippen molar-refractivity contribution < 1.29 is 0 Å². The van der Waals surface area contributed by atoms with Gasteiger partial charge in [0.2, 0.25) is 0 Å². The summed E-state index contributed by atoms with van der Waals surface area (Å²) in [5, 5.41) is 0. The third-order valence-electron chi connectivity index (χ3n) is 3.26. The Kier molecular flexibility index (Phi) is 4.84. The minimum Gasteiger partial charge on any atom is -0.359 e. The van der Waals surface area contributed by atoms with Crippen LogP contribution in [0.1, 0.15) is 18.1 Å². The lowest BCUT2D eigenvalue weighted by molar-refractivity contribution is 0.841. The summed E-state index contributed by atoms with van der Waals surface area (Å²) in [5.41, 5.74) is 4.92. The van der Waals surface area contributed by atoms with E-state index in [0.29, 0.717) is 5.82 Å². The molecule has 3 N–H and O–H groups in total. The van der Waals surface area contributed by atoms with E-state index >= 15 is 0 Å². The molecule has 0 bridgehead atoms. The van der Waals surface area contributed by atoms with Gasteiger partial charge in [-0.3, -0.25) is 4.98 Å². The van der Waals surface area contributed by atoms with Crippen LogP contribution in [0.15, 0.2) is 30.9 Å². The number of aromatic nitrogens is 3. The first kappa shape index (κ1) is 14.2. The van der Waals surface area contributed by atoms with Crippen LogP contribution in [0.3, 0.4) is 0 Å². The van der Waals surface area contributed by atoms with Gasteiger partial charge in [-0.05, 0) is 30.5 Å². The van der Waals surface area contributed by atoms with E-state index < -0.39 is 0 Å². The van der Waals surface area contributed by atoms with Gasteiger partial charge < -0.3 is 10.3 Å². The molecule has 0 radical (unpaired) electrons. The van der Waals surface area contributed by atoms with Crippen LogP contribution in [0.5, 0.6) is 0 Å². The van der Waals surface area contributed by atoms with Crippen molar-refractivity contribution in [2.24, 2.45) is 5.84 Å². The normalized spacial score (nSPS) is 10.3. The molecular formula is C14H20N6. The SMILES string of the molecule is CCc1c(NN)ncnc1N(C)CCc1ccncc1. The maximum atomic E-state index is 5.49. The second kappa shape index (κ2) is 6.81. The number of hydrogen-bond donors (Lipinski definition) is 2. The molecule has 0 aromatic carbocycles. The fourth-order valence-corrected chi connectivity index (χ4v) is 2.13. The van der Waals surface area contributed by atoms with Crippen molar-refractivity contribution in [1.29, 1.82) is 0 Å². The zero-order chi connectivity index (χ0) is 14.4. The summed E-state index contributed by atoms with van der Waals surface area (Å²) < 4.78 is 0. The van der Waals surface area contributed by atoms with Gasteiger partial charge in [0, 0.05) is 31.5 Å². The van der Waals surface area contributed by atoms with Gasteiger partial charge in [0.15, 0.2) is 0 Å². The van der Waals surface area contributed by atoms with Crippen molar-refractivity contribution in [3.05, 3.63) is 42.0 Å². The van der Waals surface area contributed by atoms with Crippen molar-refractivity contribution >= 4 is 11.6 Å². The van der Waals surface area contributed by atoms with E-state index in [1.54, 1.807) is 0 Å². The minimum absolute atomic E-state index is 0.688. The molecule has 0 aliphatic heterocycles. The minimum atomic E-state index is 0.688. The van der Waals surface area contributed by atoms with E-state index in [9.17, 15) is 0 Å². The second-order valence-corrected chi connectivity index (χ2v) is 4.55. The molecule has 20 heavy (non-hydrogen) atoms. The number of pyridine rings is 1. The first-order valence-corrected chi connectivity index (χ1v) is 6.66. The first-order valence-electron chi connectivity index (χ1n) is 6.66. The van der Waals surface area contributed by atoms with Crippen LogP contribution in [0.2, 0.25) is 0 Å². The number of nitrogens with zero attached hydrogens (tertiary/aromatic N) is 4. The van der Waals surface area contributed by atoms with Gasteiger partial charge in [-0.1, -0.05) is 6.92 Å². The van der Waals surface area contributed by atoms with Crippen molar-refractivity contribution in [1.82, 2.24) is 15.0 Å². The molecule has 0 aliphatic rings. The van der Waals surface area contributed by atoms with Crippen molar-refractivity contribution in [2.45, 2.75) is 19.8 Å². The Morgan fingerprint density at radius 1 is 1.25 bits per heavy atom. The van der Waals surface area contributed by atoms with E-state index in [4.69, 9.17) is 5.84 Å². The van der Waals surface area contributed by atoms with E-state index in [1.807, 2.05) is 31.6 Å². The molecular weight excluding hydrogens is 252 g/mol. The van der Waals surface area contributed by atoms with Crippen molar-refractivity contribution in [3.8, 4) is 0 Å². The predicted molar refractivity (Wildman–Crippen MR) is 80.4 cm³/mol. The highest BCUT2D eigenvalue weighted by molar-refractivity contribution is 5.57. The molecule has 0 saturated carbocycles. The summed E-state index contributed by atoms with van der Waals surface area (Å²) in [4.78, 5) is 14.7. The molecule has 0 amide bonds. The van der Waals surface area contributed by atoms with Gasteiger partial charge in [-0.15, -0.1) is 0 Å². The van der Waals surface area contributed by atoms with Crippen LogP contribution in [0, 0.1) is 0 Å². The first-order chi connectivity index (χ1) is 9.76. The average molecular weight is 272 g/mol. The Balaban J connectivity index is 2.11. The van der Waals surface area contributed by atoms with Crippen LogP contribution in [0.25, 0.3) is 0 Å². The van der Waals surface area contributed by atoms with Gasteiger partial charge in [0.05, 0.1) is 0 Å². The smallest absolute Gasteiger partial charge is 0.148 e. The fraction of sp³-hybridized carbons (Fsp3) is 0.357. The summed E-state index contributed by atoms with van der Waals surface area (Å²) >= 11 is 0. The van der Waals surface area contributed by atoms with E-state index in [1.165, 1.54) is 11.9 Å². The molecule has 2 heterocycles. The van der Waals surface area contributed by atoms with Crippen LogP contribution in [0.4, 0.5) is 11.6 Å². The van der Waals surface area contributed by atoms with Crippen LogP contribution in [-0.2, 0) is 12.8 Å². The second-order valence-electron chi connectivity index (χ2n) is 4.55. The van der Waals surface area contributed by atoms with Gasteiger partial charge >= 0.3 is 0 Å². The highest BCUT2D eigenvalue weighted by atomic mass is 15.3. The Morgan fingerprint density at radius 3 is 2.65 bits per heavy atom. The topological polar surface area (TPSA) is 80.0 Å². The highest BCUT2D eigenvalue weighted by Crippen LogP contribution is 2.22. The molecule has 6 heteroatoms. The molecule has 2 aromatic rings. The van der Waals surface area contributed by atoms with Crippen LogP contribution < -0.4 is 16.2 Å². The van der Waals surface area contributed by atoms with E-state index in [2.05, 4.69) is 32.2 Å². The van der Waals surface area contributed by atoms with Gasteiger partial charge in [0.1, 0.15) is 18.0 Å².